The van der Waals surface area contributed by atoms with E-state index in [-0.39, 0.29) is 18.4 Å². The summed E-state index contributed by atoms with van der Waals surface area (Å²) in [4.78, 5) is 27.4. The summed E-state index contributed by atoms with van der Waals surface area (Å²) in [5, 5.41) is 5.06. The fourth-order valence-electron chi connectivity index (χ4n) is 2.83. The van der Waals surface area contributed by atoms with Crippen LogP contribution in [0.5, 0.6) is 0 Å². The zero-order valence-electron chi connectivity index (χ0n) is 13.6. The van der Waals surface area contributed by atoms with Crippen molar-refractivity contribution in [2.24, 2.45) is 0 Å². The van der Waals surface area contributed by atoms with Gasteiger partial charge in [0.1, 0.15) is 5.70 Å². The van der Waals surface area contributed by atoms with E-state index in [0.717, 1.165) is 21.7 Å². The molecule has 5 heteroatoms. The quantitative estimate of drug-likeness (QED) is 0.667. The molecule has 1 aliphatic rings. The minimum Gasteiger partial charge on any atom is -0.350 e. The Morgan fingerprint density at radius 1 is 1.17 bits per heavy atom. The van der Waals surface area contributed by atoms with Gasteiger partial charge in [0.25, 0.3) is 11.8 Å². The van der Waals surface area contributed by atoms with E-state index >= 15 is 0 Å². The van der Waals surface area contributed by atoms with E-state index < -0.39 is 0 Å². The van der Waals surface area contributed by atoms with E-state index in [0.29, 0.717) is 11.3 Å². The SMILES string of the molecule is C=CCN1C(=O)C(Nc2cc(C)cc(C)c2)=C(c2cccs2)C1=O. The molecule has 1 aliphatic heterocycles. The second-order valence-corrected chi connectivity index (χ2v) is 6.69. The maximum atomic E-state index is 12.7. The molecule has 2 heterocycles. The van der Waals surface area contributed by atoms with Crippen LogP contribution in [0, 0.1) is 13.8 Å². The van der Waals surface area contributed by atoms with Crippen LogP contribution in [0.4, 0.5) is 5.69 Å². The maximum Gasteiger partial charge on any atom is 0.278 e. The third kappa shape index (κ3) is 2.90. The molecule has 0 unspecified atom stereocenters. The molecule has 1 aromatic carbocycles. The number of carbonyl (C=O) groups excluding carboxylic acids is 2. The van der Waals surface area contributed by atoms with Crippen LogP contribution in [0.15, 0.2) is 54.1 Å². The smallest absolute Gasteiger partial charge is 0.278 e. The standard InChI is InChI=1S/C19H18N2O2S/c1-4-7-21-18(22)16(15-6-5-8-24-15)17(19(21)23)20-14-10-12(2)9-13(3)11-14/h4-6,8-11,20H,1,7H2,2-3H3. The molecule has 0 radical (unpaired) electrons. The van der Waals surface area contributed by atoms with Crippen LogP contribution in [-0.2, 0) is 9.59 Å². The van der Waals surface area contributed by atoms with Gasteiger partial charge in [0, 0.05) is 17.1 Å². The topological polar surface area (TPSA) is 49.4 Å². The molecule has 0 saturated carbocycles. The van der Waals surface area contributed by atoms with Gasteiger partial charge in [0.15, 0.2) is 0 Å². The van der Waals surface area contributed by atoms with E-state index in [2.05, 4.69) is 18.0 Å². The predicted octanol–water partition coefficient (Wildman–Crippen LogP) is 3.74. The van der Waals surface area contributed by atoms with Gasteiger partial charge in [0.2, 0.25) is 0 Å². The second-order valence-electron chi connectivity index (χ2n) is 5.74. The number of amides is 2. The summed E-state index contributed by atoms with van der Waals surface area (Å²) >= 11 is 1.44. The van der Waals surface area contributed by atoms with Crippen molar-refractivity contribution in [1.29, 1.82) is 0 Å². The lowest BCUT2D eigenvalue weighted by Gasteiger charge is -2.13. The van der Waals surface area contributed by atoms with Crippen LogP contribution in [-0.4, -0.2) is 23.3 Å². The highest BCUT2D eigenvalue weighted by molar-refractivity contribution is 7.11. The number of hydrogen-bond acceptors (Lipinski definition) is 4. The Kier molecular flexibility index (Phi) is 4.36. The van der Waals surface area contributed by atoms with Gasteiger partial charge in [0.05, 0.1) is 5.57 Å². The molecule has 2 amide bonds. The minimum absolute atomic E-state index is 0.199. The molecule has 1 N–H and O–H groups in total. The van der Waals surface area contributed by atoms with Crippen molar-refractivity contribution < 1.29 is 9.59 Å². The number of nitrogens with one attached hydrogen (secondary N) is 1. The Labute approximate surface area is 145 Å². The molecule has 4 nitrogen and oxygen atoms in total. The van der Waals surface area contributed by atoms with Crippen molar-refractivity contribution in [2.75, 3.05) is 11.9 Å². The van der Waals surface area contributed by atoms with Crippen molar-refractivity contribution in [3.8, 4) is 0 Å². The Morgan fingerprint density at radius 3 is 2.46 bits per heavy atom. The van der Waals surface area contributed by atoms with Crippen LogP contribution < -0.4 is 5.32 Å². The van der Waals surface area contributed by atoms with Crippen molar-refractivity contribution >= 4 is 34.4 Å². The zero-order valence-corrected chi connectivity index (χ0v) is 14.4. The number of hydrogen-bond donors (Lipinski definition) is 1. The highest BCUT2D eigenvalue weighted by Gasteiger charge is 2.38. The van der Waals surface area contributed by atoms with E-state index in [1.165, 1.54) is 16.2 Å². The average molecular weight is 338 g/mol. The first kappa shape index (κ1) is 16.2. The number of aryl methyl sites for hydroxylation is 2. The van der Waals surface area contributed by atoms with Gasteiger partial charge < -0.3 is 5.32 Å². The van der Waals surface area contributed by atoms with Gasteiger partial charge >= 0.3 is 0 Å². The molecule has 24 heavy (non-hydrogen) atoms. The first-order valence-corrected chi connectivity index (χ1v) is 8.50. The number of imide groups is 1. The molecule has 0 bridgehead atoms. The van der Waals surface area contributed by atoms with Gasteiger partial charge in [-0.3, -0.25) is 14.5 Å². The van der Waals surface area contributed by atoms with E-state index in [4.69, 9.17) is 0 Å². The first-order chi connectivity index (χ1) is 11.5. The van der Waals surface area contributed by atoms with Gasteiger partial charge in [-0.1, -0.05) is 18.2 Å². The van der Waals surface area contributed by atoms with Gasteiger partial charge in [-0.05, 0) is 48.6 Å². The summed E-state index contributed by atoms with van der Waals surface area (Å²) in [6.07, 6.45) is 1.56. The molecule has 0 fully saturated rings. The molecular formula is C19H18N2O2S. The highest BCUT2D eigenvalue weighted by Crippen LogP contribution is 2.33. The van der Waals surface area contributed by atoms with E-state index in [1.807, 2.05) is 43.5 Å². The Bertz CT molecular complexity index is 830. The lowest BCUT2D eigenvalue weighted by molar-refractivity contribution is -0.136. The van der Waals surface area contributed by atoms with Gasteiger partial charge in [-0.2, -0.15) is 0 Å². The number of carbonyl (C=O) groups is 2. The van der Waals surface area contributed by atoms with Crippen LogP contribution in [0.1, 0.15) is 16.0 Å². The third-order valence-electron chi connectivity index (χ3n) is 3.74. The molecule has 0 atom stereocenters. The lowest BCUT2D eigenvalue weighted by Crippen LogP contribution is -2.32. The fraction of sp³-hybridized carbons (Fsp3) is 0.158. The second kappa shape index (κ2) is 6.45. The monoisotopic (exact) mass is 338 g/mol. The first-order valence-electron chi connectivity index (χ1n) is 7.62. The summed E-state index contributed by atoms with van der Waals surface area (Å²) in [6, 6.07) is 9.70. The predicted molar refractivity (Wildman–Crippen MR) is 97.7 cm³/mol. The summed E-state index contributed by atoms with van der Waals surface area (Å²) in [6.45, 7) is 7.83. The van der Waals surface area contributed by atoms with Crippen LogP contribution in [0.25, 0.3) is 5.57 Å². The number of anilines is 1. The van der Waals surface area contributed by atoms with Crippen LogP contribution >= 0.6 is 11.3 Å². The van der Waals surface area contributed by atoms with Crippen LogP contribution in [0.2, 0.25) is 0 Å². The molecule has 0 aliphatic carbocycles. The molecule has 2 aromatic rings. The van der Waals surface area contributed by atoms with Crippen molar-refractivity contribution in [3.63, 3.8) is 0 Å². The van der Waals surface area contributed by atoms with E-state index in [1.54, 1.807) is 6.08 Å². The van der Waals surface area contributed by atoms with Crippen molar-refractivity contribution in [2.45, 2.75) is 13.8 Å². The summed E-state index contributed by atoms with van der Waals surface area (Å²) < 4.78 is 0. The number of thiophene rings is 1. The number of nitrogens with zero attached hydrogens (tertiary/aromatic N) is 1. The van der Waals surface area contributed by atoms with Crippen molar-refractivity contribution in [1.82, 2.24) is 4.90 Å². The van der Waals surface area contributed by atoms with Crippen LogP contribution in [0.3, 0.4) is 0 Å². The molecule has 122 valence electrons. The largest absolute Gasteiger partial charge is 0.350 e. The minimum atomic E-state index is -0.317. The molecular weight excluding hydrogens is 320 g/mol. The lowest BCUT2D eigenvalue weighted by atomic mass is 10.1. The Balaban J connectivity index is 2.07. The third-order valence-corrected chi connectivity index (χ3v) is 4.63. The average Bonchev–Trinajstić information content (AvgIpc) is 3.10. The highest BCUT2D eigenvalue weighted by atomic mass is 32.1. The fourth-order valence-corrected chi connectivity index (χ4v) is 3.60. The van der Waals surface area contributed by atoms with Crippen molar-refractivity contribution in [3.05, 3.63) is 70.1 Å². The summed E-state index contributed by atoms with van der Waals surface area (Å²) in [5.74, 6) is -0.600. The number of rotatable bonds is 5. The molecule has 1 aromatic heterocycles. The Hall–Kier alpha value is -2.66. The Morgan fingerprint density at radius 2 is 1.88 bits per heavy atom. The van der Waals surface area contributed by atoms with E-state index in [9.17, 15) is 9.59 Å². The van der Waals surface area contributed by atoms with Gasteiger partial charge in [-0.15, -0.1) is 17.9 Å². The summed E-state index contributed by atoms with van der Waals surface area (Å²) in [5.41, 5.74) is 3.74. The maximum absolute atomic E-state index is 12.7. The molecule has 3 rings (SSSR count). The van der Waals surface area contributed by atoms with Gasteiger partial charge in [-0.25, -0.2) is 0 Å². The normalized spacial score (nSPS) is 14.5. The molecule has 0 saturated heterocycles. The molecule has 0 spiro atoms. The summed E-state index contributed by atoms with van der Waals surface area (Å²) in [7, 11) is 0. The number of benzene rings is 1. The zero-order chi connectivity index (χ0) is 17.3.